The summed E-state index contributed by atoms with van der Waals surface area (Å²) < 4.78 is 1.06. The van der Waals surface area contributed by atoms with E-state index in [9.17, 15) is 9.59 Å². The molecule has 2 N–H and O–H groups in total. The Bertz CT molecular complexity index is 975. The number of thiazole rings is 2. The van der Waals surface area contributed by atoms with Crippen molar-refractivity contribution in [3.8, 4) is 0 Å². The van der Waals surface area contributed by atoms with Gasteiger partial charge in [0.15, 0.2) is 10.3 Å². The van der Waals surface area contributed by atoms with E-state index >= 15 is 0 Å². The van der Waals surface area contributed by atoms with Crippen molar-refractivity contribution in [3.63, 3.8) is 0 Å². The monoisotopic (exact) mass is 388 g/mol. The zero-order valence-corrected chi connectivity index (χ0v) is 16.7. The Morgan fingerprint density at radius 3 is 2.62 bits per heavy atom. The van der Waals surface area contributed by atoms with Crippen LogP contribution in [0.5, 0.6) is 0 Å². The molecule has 0 aliphatic carbocycles. The van der Waals surface area contributed by atoms with Gasteiger partial charge in [-0.1, -0.05) is 31.3 Å². The number of fused-ring (bicyclic) bond motifs is 1. The third kappa shape index (κ3) is 4.25. The summed E-state index contributed by atoms with van der Waals surface area (Å²) in [5.74, 6) is -0.377. The van der Waals surface area contributed by atoms with Crippen molar-refractivity contribution in [2.45, 2.75) is 34.1 Å². The highest BCUT2D eigenvalue weighted by Crippen LogP contribution is 2.29. The molecule has 2 aromatic heterocycles. The number of aryl methyl sites for hydroxylation is 2. The Labute approximate surface area is 159 Å². The van der Waals surface area contributed by atoms with Gasteiger partial charge in [0.1, 0.15) is 0 Å². The number of amides is 2. The standard InChI is InChI=1S/C18H20N4O2S2/c1-9(2)16(24)22-17-19-12(8-25-17)7-14(23)20-18-21-15-11(4)5-10(3)6-13(15)26-18/h5-6,8-9H,7H2,1-4H3,(H,19,22,24)(H,20,21,23). The van der Waals surface area contributed by atoms with Crippen LogP contribution in [0.25, 0.3) is 10.2 Å². The van der Waals surface area contributed by atoms with Crippen molar-refractivity contribution in [1.82, 2.24) is 9.97 Å². The minimum Gasteiger partial charge on any atom is -0.302 e. The van der Waals surface area contributed by atoms with Gasteiger partial charge in [0.2, 0.25) is 11.8 Å². The third-order valence-electron chi connectivity index (χ3n) is 3.72. The topological polar surface area (TPSA) is 84.0 Å². The average molecular weight is 389 g/mol. The molecule has 8 heteroatoms. The Balaban J connectivity index is 1.65. The van der Waals surface area contributed by atoms with E-state index in [2.05, 4.69) is 32.7 Å². The van der Waals surface area contributed by atoms with Crippen LogP contribution in [0.2, 0.25) is 0 Å². The van der Waals surface area contributed by atoms with Crippen molar-refractivity contribution in [2.24, 2.45) is 5.92 Å². The molecule has 0 spiro atoms. The van der Waals surface area contributed by atoms with Gasteiger partial charge in [-0.3, -0.25) is 9.59 Å². The highest BCUT2D eigenvalue weighted by molar-refractivity contribution is 7.22. The average Bonchev–Trinajstić information content (AvgIpc) is 3.13. The largest absolute Gasteiger partial charge is 0.302 e. The fraction of sp³-hybridized carbons (Fsp3) is 0.333. The zero-order valence-electron chi connectivity index (χ0n) is 15.0. The fourth-order valence-corrected chi connectivity index (χ4v) is 4.22. The molecule has 0 saturated carbocycles. The van der Waals surface area contributed by atoms with Gasteiger partial charge < -0.3 is 10.6 Å². The molecule has 2 heterocycles. The summed E-state index contributed by atoms with van der Waals surface area (Å²) >= 11 is 2.78. The van der Waals surface area contributed by atoms with Crippen molar-refractivity contribution >= 4 is 55.0 Å². The summed E-state index contributed by atoms with van der Waals surface area (Å²) in [6.45, 7) is 7.70. The van der Waals surface area contributed by atoms with E-state index in [1.807, 2.05) is 27.7 Å². The number of hydrogen-bond donors (Lipinski definition) is 2. The first-order valence-corrected chi connectivity index (χ1v) is 9.94. The van der Waals surface area contributed by atoms with Gasteiger partial charge in [-0.25, -0.2) is 9.97 Å². The number of benzene rings is 1. The molecule has 0 saturated heterocycles. The summed E-state index contributed by atoms with van der Waals surface area (Å²) in [5.41, 5.74) is 3.82. The minimum absolute atomic E-state index is 0.0875. The number of anilines is 2. The van der Waals surface area contributed by atoms with Crippen LogP contribution in [-0.4, -0.2) is 21.8 Å². The second-order valence-corrected chi connectivity index (χ2v) is 8.35. The maximum atomic E-state index is 12.3. The molecule has 1 aromatic carbocycles. The molecule has 0 bridgehead atoms. The van der Waals surface area contributed by atoms with Gasteiger partial charge in [-0.05, 0) is 31.0 Å². The summed E-state index contributed by atoms with van der Waals surface area (Å²) in [4.78, 5) is 32.8. The summed E-state index contributed by atoms with van der Waals surface area (Å²) in [6, 6.07) is 4.15. The molecule has 0 radical (unpaired) electrons. The van der Waals surface area contributed by atoms with Crippen LogP contribution >= 0.6 is 22.7 Å². The fourth-order valence-electron chi connectivity index (χ4n) is 2.45. The molecule has 6 nitrogen and oxygen atoms in total. The summed E-state index contributed by atoms with van der Waals surface area (Å²) in [7, 11) is 0. The highest BCUT2D eigenvalue weighted by atomic mass is 32.1. The van der Waals surface area contributed by atoms with E-state index in [-0.39, 0.29) is 24.2 Å². The van der Waals surface area contributed by atoms with Gasteiger partial charge in [0, 0.05) is 11.3 Å². The Morgan fingerprint density at radius 2 is 1.88 bits per heavy atom. The maximum Gasteiger partial charge on any atom is 0.232 e. The first kappa shape index (κ1) is 18.5. The molecule has 0 aliphatic rings. The minimum atomic E-state index is -0.175. The number of carbonyl (C=O) groups is 2. The lowest BCUT2D eigenvalue weighted by Gasteiger charge is -2.03. The lowest BCUT2D eigenvalue weighted by molar-refractivity contribution is -0.119. The van der Waals surface area contributed by atoms with E-state index in [0.29, 0.717) is 16.0 Å². The van der Waals surface area contributed by atoms with Crippen LogP contribution in [0.4, 0.5) is 10.3 Å². The van der Waals surface area contributed by atoms with E-state index in [1.165, 1.54) is 28.2 Å². The predicted octanol–water partition coefficient (Wildman–Crippen LogP) is 4.15. The molecule has 3 rings (SSSR count). The predicted molar refractivity (Wildman–Crippen MR) is 107 cm³/mol. The lowest BCUT2D eigenvalue weighted by atomic mass is 10.1. The normalized spacial score (nSPS) is 11.1. The number of hydrogen-bond acceptors (Lipinski definition) is 6. The van der Waals surface area contributed by atoms with Crippen molar-refractivity contribution in [3.05, 3.63) is 34.3 Å². The van der Waals surface area contributed by atoms with E-state index in [1.54, 1.807) is 5.38 Å². The molecular formula is C18H20N4O2S2. The Morgan fingerprint density at radius 1 is 1.12 bits per heavy atom. The van der Waals surface area contributed by atoms with Gasteiger partial charge >= 0.3 is 0 Å². The zero-order chi connectivity index (χ0) is 18.8. The van der Waals surface area contributed by atoms with Crippen molar-refractivity contribution in [2.75, 3.05) is 10.6 Å². The molecule has 26 heavy (non-hydrogen) atoms. The van der Waals surface area contributed by atoms with Crippen LogP contribution in [-0.2, 0) is 16.0 Å². The molecule has 0 unspecified atom stereocenters. The Hall–Kier alpha value is -2.32. The Kier molecular flexibility index (Phi) is 5.33. The molecule has 136 valence electrons. The quantitative estimate of drug-likeness (QED) is 0.688. The summed E-state index contributed by atoms with van der Waals surface area (Å²) in [6.07, 6.45) is 0.141. The van der Waals surface area contributed by atoms with E-state index in [4.69, 9.17) is 0 Å². The SMILES string of the molecule is Cc1cc(C)c2nc(NC(=O)Cc3csc(NC(=O)C(C)C)n3)sc2c1. The smallest absolute Gasteiger partial charge is 0.232 e. The molecule has 0 fully saturated rings. The molecule has 3 aromatic rings. The van der Waals surface area contributed by atoms with Gasteiger partial charge in [-0.15, -0.1) is 11.3 Å². The lowest BCUT2D eigenvalue weighted by Crippen LogP contribution is -2.18. The number of nitrogens with zero attached hydrogens (tertiary/aromatic N) is 2. The third-order valence-corrected chi connectivity index (χ3v) is 5.45. The molecule has 0 atom stereocenters. The van der Waals surface area contributed by atoms with E-state index in [0.717, 1.165) is 15.8 Å². The van der Waals surface area contributed by atoms with Crippen molar-refractivity contribution < 1.29 is 9.59 Å². The van der Waals surface area contributed by atoms with Crippen LogP contribution < -0.4 is 10.6 Å². The van der Waals surface area contributed by atoms with Crippen molar-refractivity contribution in [1.29, 1.82) is 0 Å². The number of rotatable bonds is 5. The van der Waals surface area contributed by atoms with Gasteiger partial charge in [0.05, 0.1) is 22.3 Å². The highest BCUT2D eigenvalue weighted by Gasteiger charge is 2.14. The second kappa shape index (κ2) is 7.51. The van der Waals surface area contributed by atoms with Crippen LogP contribution in [0.15, 0.2) is 17.5 Å². The first-order valence-electron chi connectivity index (χ1n) is 8.24. The van der Waals surface area contributed by atoms with E-state index < -0.39 is 0 Å². The number of nitrogens with one attached hydrogen (secondary N) is 2. The van der Waals surface area contributed by atoms with Crippen LogP contribution in [0.3, 0.4) is 0 Å². The maximum absolute atomic E-state index is 12.3. The van der Waals surface area contributed by atoms with Crippen LogP contribution in [0, 0.1) is 19.8 Å². The molecule has 2 amide bonds. The first-order chi connectivity index (χ1) is 12.3. The molecular weight excluding hydrogens is 368 g/mol. The van der Waals surface area contributed by atoms with Gasteiger partial charge in [-0.2, -0.15) is 0 Å². The number of carbonyl (C=O) groups excluding carboxylic acids is 2. The van der Waals surface area contributed by atoms with Crippen LogP contribution in [0.1, 0.15) is 30.7 Å². The number of aromatic nitrogens is 2. The summed E-state index contributed by atoms with van der Waals surface area (Å²) in [5, 5.41) is 8.46. The second-order valence-electron chi connectivity index (χ2n) is 6.46. The molecule has 0 aliphatic heterocycles. The van der Waals surface area contributed by atoms with Gasteiger partial charge in [0.25, 0.3) is 0 Å².